The summed E-state index contributed by atoms with van der Waals surface area (Å²) in [6.45, 7) is 6.00. The number of carbonyl (C=O) groups excluding carboxylic acids is 2. The molecule has 234 valence electrons. The molecule has 2 fully saturated rings. The Bertz CT molecular complexity index is 1710. The number of aryl methyl sites for hydroxylation is 1. The number of carbonyl (C=O) groups is 2. The van der Waals surface area contributed by atoms with Crippen molar-refractivity contribution < 1.29 is 18.4 Å². The molecule has 3 heterocycles. The van der Waals surface area contributed by atoms with E-state index in [0.29, 0.717) is 16.7 Å². The highest BCUT2D eigenvalue weighted by Gasteiger charge is 2.31. The third-order valence-electron chi connectivity index (χ3n) is 8.61. The number of hydrogen-bond donors (Lipinski definition) is 1. The summed E-state index contributed by atoms with van der Waals surface area (Å²) in [4.78, 5) is 48.2. The molecule has 2 aliphatic rings. The first kappa shape index (κ1) is 31.1. The molecule has 4 aromatic rings. The number of thioether (sulfide) groups is 1. The van der Waals surface area contributed by atoms with Crippen LogP contribution in [0.2, 0.25) is 0 Å². The monoisotopic (exact) mass is 631 g/mol. The van der Waals surface area contributed by atoms with E-state index in [1.54, 1.807) is 43.0 Å². The van der Waals surface area contributed by atoms with Gasteiger partial charge in [-0.1, -0.05) is 30.3 Å². The lowest BCUT2D eigenvalue weighted by Crippen LogP contribution is -2.48. The van der Waals surface area contributed by atoms with E-state index in [0.717, 1.165) is 60.9 Å². The molecular weight excluding hydrogens is 596 g/mol. The molecule has 1 unspecified atom stereocenters. The number of nitrogens with zero attached hydrogens (tertiary/aromatic N) is 4. The molecule has 2 saturated heterocycles. The largest absolute Gasteiger partial charge is 0.301 e. The van der Waals surface area contributed by atoms with E-state index in [-0.39, 0.29) is 42.0 Å². The van der Waals surface area contributed by atoms with E-state index in [1.165, 1.54) is 28.8 Å². The Kier molecular flexibility index (Phi) is 9.39. The second kappa shape index (κ2) is 13.6. The van der Waals surface area contributed by atoms with Crippen LogP contribution < -0.4 is 10.9 Å². The number of halogens is 2. The molecule has 6 rings (SSSR count). The summed E-state index contributed by atoms with van der Waals surface area (Å²) < 4.78 is 28.8. The normalized spacial score (nSPS) is 18.1. The highest BCUT2D eigenvalue weighted by Crippen LogP contribution is 2.31. The second-order valence-corrected chi connectivity index (χ2v) is 12.7. The van der Waals surface area contributed by atoms with Gasteiger partial charge in [0.15, 0.2) is 0 Å². The van der Waals surface area contributed by atoms with E-state index < -0.39 is 11.9 Å². The Morgan fingerprint density at radius 1 is 0.911 bits per heavy atom. The van der Waals surface area contributed by atoms with Crippen LogP contribution in [0, 0.1) is 18.6 Å². The fourth-order valence-electron chi connectivity index (χ4n) is 6.36. The summed E-state index contributed by atoms with van der Waals surface area (Å²) in [5.74, 6) is -0.107. The Balaban J connectivity index is 1.08. The molecule has 45 heavy (non-hydrogen) atoms. The van der Waals surface area contributed by atoms with E-state index >= 15 is 0 Å². The summed E-state index contributed by atoms with van der Waals surface area (Å²) in [5.41, 5.74) is 2.29. The number of amides is 2. The smallest absolute Gasteiger partial charge is 0.263 e. The molecular formula is C34H35F2N5O3S. The van der Waals surface area contributed by atoms with Gasteiger partial charge in [-0.3, -0.25) is 29.2 Å². The van der Waals surface area contributed by atoms with Gasteiger partial charge in [0.05, 0.1) is 16.9 Å². The topological polar surface area (TPSA) is 87.5 Å². The Hall–Kier alpha value is -3.93. The van der Waals surface area contributed by atoms with Crippen LogP contribution in [0.15, 0.2) is 76.4 Å². The summed E-state index contributed by atoms with van der Waals surface area (Å²) in [6, 6.07) is 17.9. The molecule has 0 aliphatic carbocycles. The molecule has 2 aliphatic heterocycles. The third kappa shape index (κ3) is 6.85. The summed E-state index contributed by atoms with van der Waals surface area (Å²) in [5, 5.41) is 2.84. The van der Waals surface area contributed by atoms with Gasteiger partial charge in [-0.05, 0) is 79.6 Å². The number of hydrogen-bond acceptors (Lipinski definition) is 7. The van der Waals surface area contributed by atoms with Crippen LogP contribution in [-0.2, 0) is 9.59 Å². The van der Waals surface area contributed by atoms with Crippen LogP contribution in [0.25, 0.3) is 10.9 Å². The lowest BCUT2D eigenvalue weighted by Gasteiger charge is -2.39. The molecule has 0 spiro atoms. The molecule has 11 heteroatoms. The molecule has 3 aromatic carbocycles. The average molecular weight is 632 g/mol. The van der Waals surface area contributed by atoms with Gasteiger partial charge in [-0.25, -0.2) is 13.8 Å². The van der Waals surface area contributed by atoms with Crippen LogP contribution in [0.4, 0.5) is 8.78 Å². The van der Waals surface area contributed by atoms with E-state index in [1.807, 2.05) is 18.2 Å². The van der Waals surface area contributed by atoms with Gasteiger partial charge in [-0.15, -0.1) is 11.8 Å². The number of fused-ring (bicyclic) bond motifs is 1. The number of piperidine rings is 1. The van der Waals surface area contributed by atoms with Crippen LogP contribution in [0.5, 0.6) is 0 Å². The number of benzene rings is 3. The van der Waals surface area contributed by atoms with Crippen molar-refractivity contribution in [2.24, 2.45) is 0 Å². The summed E-state index contributed by atoms with van der Waals surface area (Å²) >= 11 is 1.61. The standard InChI is InChI=1S/C34H35F2N5O3S/c1-22-37-27-4-2-5-29(31(27)34(44)41(22)28-14-15-30(42)38-33(28)43)45-21-3-16-39-17-19-40(20-18-39)32(23-6-10-25(35)11-7-23)24-8-12-26(36)13-9-24/h2,4-13,28,32H,3,14-21H2,1H3,(H,38,42,43). The van der Waals surface area contributed by atoms with Crippen LogP contribution in [-0.4, -0.2) is 69.6 Å². The van der Waals surface area contributed by atoms with Gasteiger partial charge in [-0.2, -0.15) is 0 Å². The zero-order chi connectivity index (χ0) is 31.5. The molecule has 8 nitrogen and oxygen atoms in total. The highest BCUT2D eigenvalue weighted by atomic mass is 32.2. The van der Waals surface area contributed by atoms with Crippen molar-refractivity contribution in [2.75, 3.05) is 38.5 Å². The minimum absolute atomic E-state index is 0.0864. The van der Waals surface area contributed by atoms with Crippen molar-refractivity contribution in [1.82, 2.24) is 24.7 Å². The SMILES string of the molecule is Cc1nc2cccc(SCCCN3CCN(C(c4ccc(F)cc4)c4ccc(F)cc4)CC3)c2c(=O)n1C1CCC(=O)NC1=O. The first-order valence-electron chi connectivity index (χ1n) is 15.2. The van der Waals surface area contributed by atoms with Gasteiger partial charge in [0.25, 0.3) is 5.56 Å². The first-order chi connectivity index (χ1) is 21.8. The lowest BCUT2D eigenvalue weighted by molar-refractivity contribution is -0.135. The molecule has 1 atom stereocenters. The molecule has 1 N–H and O–H groups in total. The maximum absolute atomic E-state index is 13.7. The number of aromatic nitrogens is 2. The van der Waals surface area contributed by atoms with E-state index in [2.05, 4.69) is 20.1 Å². The summed E-state index contributed by atoms with van der Waals surface area (Å²) in [6.07, 6.45) is 1.38. The van der Waals surface area contributed by atoms with Gasteiger partial charge >= 0.3 is 0 Å². The van der Waals surface area contributed by atoms with Crippen molar-refractivity contribution in [1.29, 1.82) is 0 Å². The van der Waals surface area contributed by atoms with Crippen molar-refractivity contribution in [3.8, 4) is 0 Å². The van der Waals surface area contributed by atoms with E-state index in [4.69, 9.17) is 0 Å². The Morgan fingerprint density at radius 3 is 2.18 bits per heavy atom. The van der Waals surface area contributed by atoms with Gasteiger partial charge < -0.3 is 4.90 Å². The first-order valence-corrected chi connectivity index (χ1v) is 16.2. The quantitative estimate of drug-likeness (QED) is 0.161. The van der Waals surface area contributed by atoms with E-state index in [9.17, 15) is 23.2 Å². The van der Waals surface area contributed by atoms with Crippen molar-refractivity contribution >= 4 is 34.5 Å². The predicted octanol–water partition coefficient (Wildman–Crippen LogP) is 4.85. The molecule has 1 aromatic heterocycles. The number of piperazine rings is 1. The van der Waals surface area contributed by atoms with Crippen LogP contribution in [0.1, 0.15) is 48.3 Å². The third-order valence-corrected chi connectivity index (χ3v) is 9.75. The molecule has 0 saturated carbocycles. The minimum atomic E-state index is -0.755. The van der Waals surface area contributed by atoms with Gasteiger partial charge in [0, 0.05) is 37.5 Å². The van der Waals surface area contributed by atoms with Gasteiger partial charge in [0.1, 0.15) is 23.5 Å². The van der Waals surface area contributed by atoms with Crippen LogP contribution in [0.3, 0.4) is 0 Å². The fraction of sp³-hybridized carbons (Fsp3) is 0.353. The molecule has 0 radical (unpaired) electrons. The Labute approximate surface area is 264 Å². The number of imide groups is 1. The summed E-state index contributed by atoms with van der Waals surface area (Å²) in [7, 11) is 0. The zero-order valence-electron chi connectivity index (χ0n) is 25.0. The zero-order valence-corrected chi connectivity index (χ0v) is 25.9. The maximum atomic E-state index is 13.7. The minimum Gasteiger partial charge on any atom is -0.301 e. The predicted molar refractivity (Wildman–Crippen MR) is 170 cm³/mol. The number of rotatable bonds is 9. The second-order valence-electron chi connectivity index (χ2n) is 11.5. The highest BCUT2D eigenvalue weighted by molar-refractivity contribution is 7.99. The van der Waals surface area contributed by atoms with Crippen LogP contribution >= 0.6 is 11.8 Å². The van der Waals surface area contributed by atoms with Crippen molar-refractivity contribution in [3.63, 3.8) is 0 Å². The van der Waals surface area contributed by atoms with Gasteiger partial charge in [0.2, 0.25) is 11.8 Å². The Morgan fingerprint density at radius 2 is 1.56 bits per heavy atom. The molecule has 2 amide bonds. The maximum Gasteiger partial charge on any atom is 0.263 e. The van der Waals surface area contributed by atoms with Crippen molar-refractivity contribution in [3.05, 3.63) is 106 Å². The lowest BCUT2D eigenvalue weighted by atomic mass is 9.96. The average Bonchev–Trinajstić information content (AvgIpc) is 3.03. The van der Waals surface area contributed by atoms with Crippen molar-refractivity contribution in [2.45, 2.75) is 43.2 Å². The number of nitrogens with one attached hydrogen (secondary N) is 1. The molecule has 0 bridgehead atoms. The fourth-order valence-corrected chi connectivity index (χ4v) is 7.36.